The molecule has 0 aliphatic rings. The van der Waals surface area contributed by atoms with Gasteiger partial charge in [0.05, 0.1) is 6.61 Å². The Hall–Kier alpha value is -1.88. The van der Waals surface area contributed by atoms with Crippen LogP contribution in [-0.2, 0) is 19.1 Å². The molecule has 0 spiro atoms. The van der Waals surface area contributed by atoms with Crippen LogP contribution in [0.3, 0.4) is 0 Å². The van der Waals surface area contributed by atoms with Crippen molar-refractivity contribution in [2.45, 2.75) is 238 Å². The van der Waals surface area contributed by atoms with E-state index in [1.807, 2.05) is 0 Å². The minimum atomic E-state index is -0.777. The molecule has 5 heteroatoms. The van der Waals surface area contributed by atoms with Gasteiger partial charge in [0.1, 0.15) is 6.61 Å². The van der Waals surface area contributed by atoms with E-state index in [1.54, 1.807) is 0 Å². The van der Waals surface area contributed by atoms with Crippen LogP contribution in [0.2, 0.25) is 0 Å². The average molecular weight is 731 g/mol. The number of aliphatic hydroxyl groups is 1. The molecule has 0 aliphatic carbocycles. The fourth-order valence-electron chi connectivity index (χ4n) is 6.46. The first kappa shape index (κ1) is 50.1. The minimum Gasteiger partial charge on any atom is -0.462 e. The van der Waals surface area contributed by atoms with E-state index in [0.717, 1.165) is 51.4 Å². The van der Waals surface area contributed by atoms with E-state index in [9.17, 15) is 14.7 Å². The number of hydrogen-bond acceptors (Lipinski definition) is 5. The molecule has 304 valence electrons. The molecule has 0 bridgehead atoms. The summed E-state index contributed by atoms with van der Waals surface area (Å²) in [4.78, 5) is 24.3. The summed E-state index contributed by atoms with van der Waals surface area (Å²) in [6.07, 6.45) is 53.6. The average Bonchev–Trinajstić information content (AvgIpc) is 3.15. The maximum atomic E-state index is 12.2. The molecule has 0 amide bonds. The van der Waals surface area contributed by atoms with Gasteiger partial charge in [-0.15, -0.1) is 0 Å². The highest BCUT2D eigenvalue weighted by Crippen LogP contribution is 2.14. The second-order valence-corrected chi connectivity index (χ2v) is 15.1. The third-order valence-electron chi connectivity index (χ3n) is 9.91. The zero-order valence-electron chi connectivity index (χ0n) is 34.6. The number of carbonyl (C=O) groups is 2. The first-order chi connectivity index (χ1) is 25.6. The monoisotopic (exact) mass is 731 g/mol. The second-order valence-electron chi connectivity index (χ2n) is 15.1. The Morgan fingerprint density at radius 2 is 0.769 bits per heavy atom. The van der Waals surface area contributed by atoms with Gasteiger partial charge < -0.3 is 14.6 Å². The number of ether oxygens (including phenoxy) is 2. The molecule has 0 aromatic heterocycles. The molecule has 1 unspecified atom stereocenters. The quantitative estimate of drug-likeness (QED) is 0.0385. The fourth-order valence-corrected chi connectivity index (χ4v) is 6.46. The molecule has 0 aliphatic heterocycles. The van der Waals surface area contributed by atoms with Gasteiger partial charge in [0, 0.05) is 12.8 Å². The second kappa shape index (κ2) is 43.5. The number of esters is 2. The Bertz CT molecular complexity index is 832. The van der Waals surface area contributed by atoms with Crippen LogP contribution < -0.4 is 0 Å². The van der Waals surface area contributed by atoms with E-state index in [0.29, 0.717) is 12.8 Å². The lowest BCUT2D eigenvalue weighted by Crippen LogP contribution is -2.28. The van der Waals surface area contributed by atoms with Crippen LogP contribution >= 0.6 is 0 Å². The standard InChI is InChI=1S/C47H86O5/c1-3-5-7-9-11-13-15-17-19-20-21-22-23-24-25-26-28-29-31-33-35-37-39-41-46(49)51-44-45(43-48)52-47(50)42-40-38-36-34-32-30-27-18-16-14-12-10-8-6-4-2/h12,14,18,20-21,27,45,48H,3-11,13,15-17,19,22-26,28-44H2,1-2H3/b14-12-,21-20-,27-18-. The van der Waals surface area contributed by atoms with Crippen molar-refractivity contribution in [3.63, 3.8) is 0 Å². The van der Waals surface area contributed by atoms with Gasteiger partial charge in [-0.3, -0.25) is 9.59 Å². The van der Waals surface area contributed by atoms with Crippen LogP contribution in [0.4, 0.5) is 0 Å². The number of rotatable bonds is 41. The highest BCUT2D eigenvalue weighted by molar-refractivity contribution is 5.70. The van der Waals surface area contributed by atoms with Crippen molar-refractivity contribution in [3.05, 3.63) is 36.5 Å². The summed E-state index contributed by atoms with van der Waals surface area (Å²) >= 11 is 0. The van der Waals surface area contributed by atoms with Gasteiger partial charge in [0.15, 0.2) is 6.10 Å². The largest absolute Gasteiger partial charge is 0.462 e. The highest BCUT2D eigenvalue weighted by atomic mass is 16.6. The van der Waals surface area contributed by atoms with Crippen LogP contribution in [0, 0.1) is 0 Å². The molecule has 0 saturated heterocycles. The molecule has 0 heterocycles. The van der Waals surface area contributed by atoms with Crippen LogP contribution in [-0.4, -0.2) is 36.4 Å². The first-order valence-electron chi connectivity index (χ1n) is 22.5. The van der Waals surface area contributed by atoms with Crippen molar-refractivity contribution in [1.82, 2.24) is 0 Å². The van der Waals surface area contributed by atoms with Gasteiger partial charge in [-0.25, -0.2) is 0 Å². The highest BCUT2D eigenvalue weighted by Gasteiger charge is 2.16. The molecule has 1 atom stereocenters. The number of allylic oxidation sites excluding steroid dienone is 6. The van der Waals surface area contributed by atoms with Gasteiger partial charge in [-0.2, -0.15) is 0 Å². The summed E-state index contributed by atoms with van der Waals surface area (Å²) in [5.74, 6) is -0.602. The van der Waals surface area contributed by atoms with Gasteiger partial charge in [-0.1, -0.05) is 185 Å². The van der Waals surface area contributed by atoms with Gasteiger partial charge in [-0.05, 0) is 70.6 Å². The normalized spacial score (nSPS) is 12.4. The molecule has 0 aromatic rings. The van der Waals surface area contributed by atoms with E-state index in [1.165, 1.54) is 154 Å². The molecule has 5 nitrogen and oxygen atoms in total. The molecule has 0 rings (SSSR count). The maximum absolute atomic E-state index is 12.2. The van der Waals surface area contributed by atoms with E-state index in [4.69, 9.17) is 9.47 Å². The van der Waals surface area contributed by atoms with Crippen molar-refractivity contribution >= 4 is 11.9 Å². The number of unbranched alkanes of at least 4 members (excludes halogenated alkanes) is 27. The van der Waals surface area contributed by atoms with Gasteiger partial charge >= 0.3 is 11.9 Å². The van der Waals surface area contributed by atoms with Crippen molar-refractivity contribution < 1.29 is 24.2 Å². The number of aliphatic hydroxyl groups excluding tert-OH is 1. The fraction of sp³-hybridized carbons (Fsp3) is 0.830. The first-order valence-corrected chi connectivity index (χ1v) is 22.5. The Morgan fingerprint density at radius 3 is 1.19 bits per heavy atom. The summed E-state index contributed by atoms with van der Waals surface area (Å²) in [6.45, 7) is 4.11. The van der Waals surface area contributed by atoms with Crippen molar-refractivity contribution in [2.75, 3.05) is 13.2 Å². The lowest BCUT2D eigenvalue weighted by atomic mass is 10.0. The molecule has 1 N–H and O–H groups in total. The Balaban J connectivity index is 3.51. The third-order valence-corrected chi connectivity index (χ3v) is 9.91. The third kappa shape index (κ3) is 40.9. The summed E-state index contributed by atoms with van der Waals surface area (Å²) < 4.78 is 10.6. The number of carbonyl (C=O) groups excluding carboxylic acids is 2. The molecule has 0 aromatic carbocycles. The summed E-state index contributed by atoms with van der Waals surface area (Å²) in [5.41, 5.74) is 0. The van der Waals surface area contributed by atoms with E-state index in [2.05, 4.69) is 50.3 Å². The number of hydrogen-bond donors (Lipinski definition) is 1. The SMILES string of the molecule is CCCCC/C=C\C/C=C\CCCCCCCC(=O)OC(CO)COC(=O)CCCCCCCCCCCCC/C=C\CCCCCCCCCC. The van der Waals surface area contributed by atoms with Gasteiger partial charge in [0.25, 0.3) is 0 Å². The van der Waals surface area contributed by atoms with Crippen molar-refractivity contribution in [2.24, 2.45) is 0 Å². The Labute approximate surface area is 323 Å². The van der Waals surface area contributed by atoms with Crippen LogP contribution in [0.15, 0.2) is 36.5 Å². The summed E-state index contributed by atoms with van der Waals surface area (Å²) in [6, 6.07) is 0. The molecule has 0 saturated carbocycles. The Kier molecular flexibility index (Phi) is 42.0. The lowest BCUT2D eigenvalue weighted by Gasteiger charge is -2.15. The minimum absolute atomic E-state index is 0.0701. The van der Waals surface area contributed by atoms with E-state index in [-0.39, 0.29) is 25.2 Å². The van der Waals surface area contributed by atoms with E-state index < -0.39 is 6.10 Å². The zero-order chi connectivity index (χ0) is 37.8. The lowest BCUT2D eigenvalue weighted by molar-refractivity contribution is -0.161. The van der Waals surface area contributed by atoms with Crippen LogP contribution in [0.5, 0.6) is 0 Å². The summed E-state index contributed by atoms with van der Waals surface area (Å²) in [7, 11) is 0. The molecular weight excluding hydrogens is 645 g/mol. The van der Waals surface area contributed by atoms with Crippen molar-refractivity contribution in [3.8, 4) is 0 Å². The molecule has 52 heavy (non-hydrogen) atoms. The molecule has 0 radical (unpaired) electrons. The molecular formula is C47H86O5. The zero-order valence-corrected chi connectivity index (χ0v) is 34.6. The van der Waals surface area contributed by atoms with Crippen molar-refractivity contribution in [1.29, 1.82) is 0 Å². The van der Waals surface area contributed by atoms with E-state index >= 15 is 0 Å². The smallest absolute Gasteiger partial charge is 0.306 e. The van der Waals surface area contributed by atoms with Crippen LogP contribution in [0.25, 0.3) is 0 Å². The van der Waals surface area contributed by atoms with Crippen LogP contribution in [0.1, 0.15) is 232 Å². The summed E-state index contributed by atoms with van der Waals surface area (Å²) in [5, 5.41) is 9.58. The predicted octanol–water partition coefficient (Wildman–Crippen LogP) is 14.4. The predicted molar refractivity (Wildman–Crippen MR) is 224 cm³/mol. The van der Waals surface area contributed by atoms with Gasteiger partial charge in [0.2, 0.25) is 0 Å². The molecule has 0 fully saturated rings. The topological polar surface area (TPSA) is 72.8 Å². The maximum Gasteiger partial charge on any atom is 0.306 e. The Morgan fingerprint density at radius 1 is 0.442 bits per heavy atom.